The van der Waals surface area contributed by atoms with Gasteiger partial charge in [0.15, 0.2) is 0 Å². The zero-order valence-corrected chi connectivity index (χ0v) is 9.31. The van der Waals surface area contributed by atoms with Gasteiger partial charge in [-0.3, -0.25) is 4.79 Å². The number of hydrogen-bond acceptors (Lipinski definition) is 3. The van der Waals surface area contributed by atoms with E-state index in [1.807, 2.05) is 31.2 Å². The number of hydrogen-bond donors (Lipinski definition) is 3. The first-order chi connectivity index (χ1) is 7.63. The van der Waals surface area contributed by atoms with Gasteiger partial charge in [-0.1, -0.05) is 18.2 Å². The van der Waals surface area contributed by atoms with Crippen molar-refractivity contribution >= 4 is 11.7 Å². The van der Waals surface area contributed by atoms with Gasteiger partial charge in [-0.05, 0) is 19.4 Å². The number of aliphatic hydroxyl groups excluding tert-OH is 1. The van der Waals surface area contributed by atoms with Crippen LogP contribution in [0.25, 0.3) is 0 Å². The smallest absolute Gasteiger partial charge is 0.303 e. The van der Waals surface area contributed by atoms with E-state index in [-0.39, 0.29) is 19.1 Å². The molecule has 0 heterocycles. The fourth-order valence-electron chi connectivity index (χ4n) is 1.48. The van der Waals surface area contributed by atoms with Gasteiger partial charge in [0, 0.05) is 23.7 Å². The number of carboxylic acid groups (broad SMARTS) is 1. The highest BCUT2D eigenvalue weighted by molar-refractivity contribution is 5.66. The van der Waals surface area contributed by atoms with Crippen LogP contribution in [0.2, 0.25) is 0 Å². The maximum atomic E-state index is 10.4. The van der Waals surface area contributed by atoms with Gasteiger partial charge < -0.3 is 15.5 Å². The highest BCUT2D eigenvalue weighted by Crippen LogP contribution is 2.16. The summed E-state index contributed by atoms with van der Waals surface area (Å²) in [5, 5.41) is 20.9. The number of aliphatic hydroxyl groups is 1. The van der Waals surface area contributed by atoms with E-state index in [9.17, 15) is 4.79 Å². The number of para-hydroxylation sites is 1. The summed E-state index contributed by atoms with van der Waals surface area (Å²) in [7, 11) is 0. The first-order valence-corrected chi connectivity index (χ1v) is 5.30. The van der Waals surface area contributed by atoms with Crippen LogP contribution >= 0.6 is 0 Å². The summed E-state index contributed by atoms with van der Waals surface area (Å²) in [6, 6.07) is 7.53. The van der Waals surface area contributed by atoms with E-state index in [1.165, 1.54) is 0 Å². The molecule has 0 fully saturated rings. The molecule has 0 radical (unpaired) electrons. The van der Waals surface area contributed by atoms with E-state index in [4.69, 9.17) is 10.2 Å². The molecule has 1 unspecified atom stereocenters. The summed E-state index contributed by atoms with van der Waals surface area (Å²) < 4.78 is 0. The highest BCUT2D eigenvalue weighted by Gasteiger charge is 2.07. The van der Waals surface area contributed by atoms with E-state index in [2.05, 4.69) is 5.32 Å². The lowest BCUT2D eigenvalue weighted by atomic mass is 10.1. The van der Waals surface area contributed by atoms with Crippen LogP contribution in [0.5, 0.6) is 0 Å². The average molecular weight is 223 g/mol. The van der Waals surface area contributed by atoms with Crippen LogP contribution in [0, 0.1) is 0 Å². The van der Waals surface area contributed by atoms with Gasteiger partial charge >= 0.3 is 5.97 Å². The zero-order valence-electron chi connectivity index (χ0n) is 9.31. The Morgan fingerprint density at radius 2 is 2.12 bits per heavy atom. The molecular weight excluding hydrogens is 206 g/mol. The molecule has 88 valence electrons. The summed E-state index contributed by atoms with van der Waals surface area (Å²) in [6.07, 6.45) is 0.713. The molecule has 0 aliphatic carbocycles. The molecule has 1 aromatic rings. The number of carbonyl (C=O) groups is 1. The SMILES string of the molecule is CC(CCC(=O)O)Nc1ccccc1CO. The number of carboxylic acids is 1. The van der Waals surface area contributed by atoms with Crippen molar-refractivity contribution in [3.63, 3.8) is 0 Å². The van der Waals surface area contributed by atoms with Crippen LogP contribution in [-0.2, 0) is 11.4 Å². The van der Waals surface area contributed by atoms with Crippen LogP contribution in [0.3, 0.4) is 0 Å². The molecule has 3 N–H and O–H groups in total. The lowest BCUT2D eigenvalue weighted by Crippen LogP contribution is -2.17. The van der Waals surface area contributed by atoms with Crippen LogP contribution < -0.4 is 5.32 Å². The number of benzene rings is 1. The van der Waals surface area contributed by atoms with Gasteiger partial charge in [-0.15, -0.1) is 0 Å². The second-order valence-electron chi connectivity index (χ2n) is 3.79. The van der Waals surface area contributed by atoms with Crippen LogP contribution in [0.4, 0.5) is 5.69 Å². The molecule has 0 bridgehead atoms. The van der Waals surface area contributed by atoms with Crippen molar-refractivity contribution in [3.8, 4) is 0 Å². The van der Waals surface area contributed by atoms with Gasteiger partial charge in [0.05, 0.1) is 6.61 Å². The fourth-order valence-corrected chi connectivity index (χ4v) is 1.48. The normalized spacial score (nSPS) is 12.1. The Kier molecular flexibility index (Phi) is 4.79. The van der Waals surface area contributed by atoms with E-state index < -0.39 is 5.97 Å². The number of rotatable bonds is 6. The molecule has 0 spiro atoms. The molecule has 1 rings (SSSR count). The molecule has 0 aliphatic heterocycles. The van der Waals surface area contributed by atoms with Crippen LogP contribution in [0.15, 0.2) is 24.3 Å². The Labute approximate surface area is 94.9 Å². The number of nitrogens with one attached hydrogen (secondary N) is 1. The molecule has 1 aromatic carbocycles. The van der Waals surface area contributed by atoms with E-state index in [0.717, 1.165) is 11.3 Å². The summed E-state index contributed by atoms with van der Waals surface area (Å²) in [5.74, 6) is -0.788. The second-order valence-corrected chi connectivity index (χ2v) is 3.79. The summed E-state index contributed by atoms with van der Waals surface area (Å²) in [6.45, 7) is 1.91. The van der Waals surface area contributed by atoms with Gasteiger partial charge in [-0.25, -0.2) is 0 Å². The first-order valence-electron chi connectivity index (χ1n) is 5.30. The van der Waals surface area contributed by atoms with Gasteiger partial charge in [-0.2, -0.15) is 0 Å². The van der Waals surface area contributed by atoms with Crippen molar-refractivity contribution in [2.45, 2.75) is 32.4 Å². The minimum atomic E-state index is -0.788. The molecule has 4 nitrogen and oxygen atoms in total. The third-order valence-corrected chi connectivity index (χ3v) is 2.38. The fraction of sp³-hybridized carbons (Fsp3) is 0.417. The third-order valence-electron chi connectivity index (χ3n) is 2.38. The molecule has 0 amide bonds. The van der Waals surface area contributed by atoms with Crippen molar-refractivity contribution in [1.29, 1.82) is 0 Å². The molecule has 1 atom stereocenters. The van der Waals surface area contributed by atoms with Gasteiger partial charge in [0.25, 0.3) is 0 Å². The quantitative estimate of drug-likeness (QED) is 0.688. The summed E-state index contributed by atoms with van der Waals surface area (Å²) >= 11 is 0. The molecule has 0 saturated carbocycles. The van der Waals surface area contributed by atoms with Crippen molar-refractivity contribution in [2.24, 2.45) is 0 Å². The Morgan fingerprint density at radius 3 is 2.75 bits per heavy atom. The standard InChI is InChI=1S/C12H17NO3/c1-9(6-7-12(15)16)13-11-5-3-2-4-10(11)8-14/h2-5,9,13-14H,6-8H2,1H3,(H,15,16). The Bertz CT molecular complexity index is 352. The maximum Gasteiger partial charge on any atom is 0.303 e. The van der Waals surface area contributed by atoms with Crippen molar-refractivity contribution in [1.82, 2.24) is 0 Å². The van der Waals surface area contributed by atoms with Crippen molar-refractivity contribution in [3.05, 3.63) is 29.8 Å². The predicted octanol–water partition coefficient (Wildman–Crippen LogP) is 1.84. The van der Waals surface area contributed by atoms with Gasteiger partial charge in [0.2, 0.25) is 0 Å². The monoisotopic (exact) mass is 223 g/mol. The summed E-state index contributed by atoms with van der Waals surface area (Å²) in [5.41, 5.74) is 1.69. The molecule has 16 heavy (non-hydrogen) atoms. The highest BCUT2D eigenvalue weighted by atomic mass is 16.4. The second kappa shape index (κ2) is 6.12. The molecule has 0 aliphatic rings. The van der Waals surface area contributed by atoms with E-state index >= 15 is 0 Å². The number of aliphatic carboxylic acids is 1. The third kappa shape index (κ3) is 3.90. The molecule has 0 saturated heterocycles. The summed E-state index contributed by atoms with van der Waals surface area (Å²) in [4.78, 5) is 10.4. The Morgan fingerprint density at radius 1 is 1.44 bits per heavy atom. The predicted molar refractivity (Wildman–Crippen MR) is 62.3 cm³/mol. The average Bonchev–Trinajstić information content (AvgIpc) is 2.27. The molecule has 4 heteroatoms. The number of anilines is 1. The Hall–Kier alpha value is -1.55. The molecular formula is C12H17NO3. The minimum absolute atomic E-state index is 0.0190. The van der Waals surface area contributed by atoms with Crippen LogP contribution in [-0.4, -0.2) is 22.2 Å². The van der Waals surface area contributed by atoms with E-state index in [1.54, 1.807) is 0 Å². The first kappa shape index (κ1) is 12.5. The topological polar surface area (TPSA) is 69.6 Å². The Balaban J connectivity index is 2.55. The van der Waals surface area contributed by atoms with Crippen LogP contribution in [0.1, 0.15) is 25.3 Å². The van der Waals surface area contributed by atoms with Crippen molar-refractivity contribution in [2.75, 3.05) is 5.32 Å². The van der Waals surface area contributed by atoms with E-state index in [0.29, 0.717) is 6.42 Å². The minimum Gasteiger partial charge on any atom is -0.481 e. The lowest BCUT2D eigenvalue weighted by Gasteiger charge is -2.16. The van der Waals surface area contributed by atoms with Gasteiger partial charge in [0.1, 0.15) is 0 Å². The largest absolute Gasteiger partial charge is 0.481 e. The molecule has 0 aromatic heterocycles. The lowest BCUT2D eigenvalue weighted by molar-refractivity contribution is -0.137. The zero-order chi connectivity index (χ0) is 12.0. The van der Waals surface area contributed by atoms with Crippen molar-refractivity contribution < 1.29 is 15.0 Å². The maximum absolute atomic E-state index is 10.4.